The molecule has 1 aliphatic rings. The molecular formula is C11H15FN5O6P. The van der Waals surface area contributed by atoms with Crippen LogP contribution in [-0.4, -0.2) is 58.5 Å². The number of aliphatic hydroxyl groups excluding tert-OH is 1. The Kier molecular flexibility index (Phi) is 3.77. The summed E-state index contributed by atoms with van der Waals surface area (Å²) < 4.78 is 32.5. The molecule has 13 heteroatoms. The highest BCUT2D eigenvalue weighted by atomic mass is 31.2. The number of rotatable bonds is 3. The van der Waals surface area contributed by atoms with Gasteiger partial charge in [0.2, 0.25) is 5.95 Å². The topological polar surface area (TPSA) is 177 Å². The number of anilines is 1. The fourth-order valence-electron chi connectivity index (χ4n) is 2.71. The average Bonchev–Trinajstić information content (AvgIpc) is 2.92. The van der Waals surface area contributed by atoms with Crippen LogP contribution in [0.3, 0.4) is 0 Å². The number of nitrogens with one attached hydrogen (secondary N) is 1. The molecule has 6 N–H and O–H groups in total. The number of aliphatic hydroxyl groups is 1. The lowest BCUT2D eigenvalue weighted by Gasteiger charge is -2.24. The molecule has 0 amide bonds. The van der Waals surface area contributed by atoms with E-state index in [9.17, 15) is 18.9 Å². The van der Waals surface area contributed by atoms with Crippen molar-refractivity contribution in [3.05, 3.63) is 16.7 Å². The third-order valence-electron chi connectivity index (χ3n) is 3.84. The minimum Gasteiger partial charge on any atom is -0.387 e. The second kappa shape index (κ2) is 5.33. The molecule has 11 nitrogen and oxygen atoms in total. The number of alkyl halides is 1. The zero-order valence-electron chi connectivity index (χ0n) is 12.3. The summed E-state index contributed by atoms with van der Waals surface area (Å²) in [7, 11) is -4.54. The van der Waals surface area contributed by atoms with E-state index in [1.165, 1.54) is 0 Å². The standard InChI is InChI=1S/C11H15FN5O6P/c1-11(12)6(18)4(2-24(20,21)22)23-9(11)17-3-14-5-7(17)15-10(13)16-8(5)19/h3-4,6,9,18H,2H2,1H3,(H2,20,21,22)(H3,13,15,16,19)/t4-,6+,9+,11+/m0/s1. The number of ether oxygens (including phenoxy) is 1. The van der Waals surface area contributed by atoms with Gasteiger partial charge in [0.1, 0.15) is 12.2 Å². The number of halogens is 1. The second-order valence-electron chi connectivity index (χ2n) is 5.75. The van der Waals surface area contributed by atoms with Crippen LogP contribution in [0.1, 0.15) is 13.2 Å². The van der Waals surface area contributed by atoms with E-state index in [1.54, 1.807) is 0 Å². The molecule has 132 valence electrons. The lowest BCUT2D eigenvalue weighted by molar-refractivity contribution is -0.0423. The quantitative estimate of drug-likeness (QED) is 0.422. The highest BCUT2D eigenvalue weighted by Gasteiger charge is 2.56. The zero-order valence-corrected chi connectivity index (χ0v) is 13.2. The van der Waals surface area contributed by atoms with Gasteiger partial charge in [-0.15, -0.1) is 0 Å². The van der Waals surface area contributed by atoms with E-state index in [4.69, 9.17) is 20.3 Å². The summed E-state index contributed by atoms with van der Waals surface area (Å²) in [6, 6.07) is 0. The SMILES string of the molecule is C[C@@]1(F)[C@H](O)[C@H](CP(=O)(O)O)O[C@H]1n1cnc2c(=O)[nH]c(N)nc21. The van der Waals surface area contributed by atoms with Crippen LogP contribution in [0, 0.1) is 0 Å². The molecule has 0 aliphatic carbocycles. The summed E-state index contributed by atoms with van der Waals surface area (Å²) in [5.74, 6) is -0.222. The van der Waals surface area contributed by atoms with Crippen molar-refractivity contribution >= 4 is 24.7 Å². The minimum atomic E-state index is -4.54. The summed E-state index contributed by atoms with van der Waals surface area (Å²) in [5.41, 5.74) is 2.23. The van der Waals surface area contributed by atoms with Crippen molar-refractivity contribution < 1.29 is 28.6 Å². The number of imidazole rings is 1. The van der Waals surface area contributed by atoms with E-state index >= 15 is 0 Å². The maximum Gasteiger partial charge on any atom is 0.328 e. The molecule has 3 rings (SSSR count). The Morgan fingerprint density at radius 2 is 2.25 bits per heavy atom. The molecule has 0 saturated carbocycles. The van der Waals surface area contributed by atoms with Crippen LogP contribution in [0.5, 0.6) is 0 Å². The lowest BCUT2D eigenvalue weighted by atomic mass is 9.99. The van der Waals surface area contributed by atoms with Gasteiger partial charge in [-0.1, -0.05) is 0 Å². The first kappa shape index (κ1) is 17.0. The number of aromatic nitrogens is 4. The van der Waals surface area contributed by atoms with Gasteiger partial charge in [0.15, 0.2) is 23.1 Å². The summed E-state index contributed by atoms with van der Waals surface area (Å²) in [6.45, 7) is 1.02. The Balaban J connectivity index is 2.06. The molecule has 3 heterocycles. The van der Waals surface area contributed by atoms with Crippen LogP contribution in [-0.2, 0) is 9.30 Å². The van der Waals surface area contributed by atoms with Crippen LogP contribution in [0.25, 0.3) is 11.2 Å². The van der Waals surface area contributed by atoms with Crippen molar-refractivity contribution in [2.24, 2.45) is 0 Å². The number of nitrogens with zero attached hydrogens (tertiary/aromatic N) is 3. The summed E-state index contributed by atoms with van der Waals surface area (Å²) in [4.78, 5) is 39.8. The second-order valence-corrected chi connectivity index (χ2v) is 7.44. The maximum atomic E-state index is 15.0. The van der Waals surface area contributed by atoms with Crippen LogP contribution < -0.4 is 11.3 Å². The molecule has 0 radical (unpaired) electrons. The fourth-order valence-corrected chi connectivity index (χ4v) is 3.47. The van der Waals surface area contributed by atoms with E-state index in [0.717, 1.165) is 17.8 Å². The van der Waals surface area contributed by atoms with E-state index in [1.807, 2.05) is 0 Å². The number of hydrogen-bond acceptors (Lipinski definition) is 7. The van der Waals surface area contributed by atoms with Crippen LogP contribution in [0.2, 0.25) is 0 Å². The number of hydrogen-bond donors (Lipinski definition) is 5. The van der Waals surface area contributed by atoms with Crippen LogP contribution >= 0.6 is 7.60 Å². The Morgan fingerprint density at radius 3 is 2.88 bits per heavy atom. The monoisotopic (exact) mass is 363 g/mol. The molecule has 4 atom stereocenters. The van der Waals surface area contributed by atoms with Crippen molar-refractivity contribution in [3.8, 4) is 0 Å². The van der Waals surface area contributed by atoms with Gasteiger partial charge in [0, 0.05) is 0 Å². The Hall–Kier alpha value is -1.85. The van der Waals surface area contributed by atoms with Crippen LogP contribution in [0.15, 0.2) is 11.1 Å². The van der Waals surface area contributed by atoms with Crippen molar-refractivity contribution in [2.45, 2.75) is 31.0 Å². The third-order valence-corrected chi connectivity index (χ3v) is 4.67. The number of nitrogens with two attached hydrogens (primary N) is 1. The predicted molar refractivity (Wildman–Crippen MR) is 78.9 cm³/mol. The van der Waals surface area contributed by atoms with Crippen molar-refractivity contribution in [3.63, 3.8) is 0 Å². The average molecular weight is 363 g/mol. The largest absolute Gasteiger partial charge is 0.387 e. The highest BCUT2D eigenvalue weighted by Crippen LogP contribution is 2.47. The smallest absolute Gasteiger partial charge is 0.328 e. The molecule has 0 spiro atoms. The van der Waals surface area contributed by atoms with Gasteiger partial charge in [-0.25, -0.2) is 9.37 Å². The summed E-state index contributed by atoms with van der Waals surface area (Å²) >= 11 is 0. The first-order valence-electron chi connectivity index (χ1n) is 6.80. The molecule has 1 fully saturated rings. The molecule has 0 bridgehead atoms. The van der Waals surface area contributed by atoms with E-state index in [2.05, 4.69) is 15.0 Å². The molecule has 0 aromatic carbocycles. The van der Waals surface area contributed by atoms with Crippen LogP contribution in [0.4, 0.5) is 10.3 Å². The van der Waals surface area contributed by atoms with Gasteiger partial charge < -0.3 is 25.4 Å². The van der Waals surface area contributed by atoms with Gasteiger partial charge in [0.25, 0.3) is 5.56 Å². The highest BCUT2D eigenvalue weighted by molar-refractivity contribution is 7.51. The Labute approximate surface area is 133 Å². The maximum absolute atomic E-state index is 15.0. The number of fused-ring (bicyclic) bond motifs is 1. The van der Waals surface area contributed by atoms with Crippen molar-refractivity contribution in [2.75, 3.05) is 11.9 Å². The van der Waals surface area contributed by atoms with E-state index < -0.39 is 43.4 Å². The Bertz CT molecular complexity index is 891. The normalized spacial score (nSPS) is 31.0. The molecule has 1 aliphatic heterocycles. The Morgan fingerprint density at radius 1 is 1.58 bits per heavy atom. The zero-order chi connectivity index (χ0) is 17.9. The summed E-state index contributed by atoms with van der Waals surface area (Å²) in [6.07, 6.45) is -4.51. The number of aromatic amines is 1. The molecule has 24 heavy (non-hydrogen) atoms. The molecule has 1 saturated heterocycles. The van der Waals surface area contributed by atoms with Crippen molar-refractivity contribution in [1.82, 2.24) is 19.5 Å². The van der Waals surface area contributed by atoms with Crippen molar-refractivity contribution in [1.29, 1.82) is 0 Å². The van der Waals surface area contributed by atoms with Gasteiger partial charge >= 0.3 is 7.60 Å². The van der Waals surface area contributed by atoms with Gasteiger partial charge in [-0.2, -0.15) is 4.98 Å². The number of nitrogen functional groups attached to an aromatic ring is 1. The first-order chi connectivity index (χ1) is 11.0. The molecule has 2 aromatic heterocycles. The summed E-state index contributed by atoms with van der Waals surface area (Å²) in [5, 5.41) is 10.0. The van der Waals surface area contributed by atoms with Gasteiger partial charge in [0.05, 0.1) is 12.5 Å². The first-order valence-corrected chi connectivity index (χ1v) is 8.60. The van der Waals surface area contributed by atoms with E-state index in [0.29, 0.717) is 0 Å². The molecule has 2 aromatic rings. The third kappa shape index (κ3) is 2.72. The predicted octanol–water partition coefficient (Wildman–Crippen LogP) is -1.13. The lowest BCUT2D eigenvalue weighted by Crippen LogP contribution is -2.40. The number of H-pyrrole nitrogens is 1. The van der Waals surface area contributed by atoms with Gasteiger partial charge in [-0.05, 0) is 6.92 Å². The fraction of sp³-hybridized carbons (Fsp3) is 0.545. The van der Waals surface area contributed by atoms with E-state index in [-0.39, 0.29) is 17.1 Å². The molecule has 0 unspecified atom stereocenters. The minimum absolute atomic E-state index is 0.0749. The molecular weight excluding hydrogens is 348 g/mol. The van der Waals surface area contributed by atoms with Gasteiger partial charge in [-0.3, -0.25) is 18.9 Å².